The minimum Gasteiger partial charge on any atom is -0.343 e. The Labute approximate surface area is 500 Å². The van der Waals surface area contributed by atoms with Gasteiger partial charge in [0.25, 0.3) is 0 Å². The van der Waals surface area contributed by atoms with Gasteiger partial charge >= 0.3 is 0 Å². The smallest absolute Gasteiger partial charge is 0.246 e. The SMILES string of the molecule is C=C(C=N/C=C(\C)C(=O)c1ccc(F)cc1)[C@@H]1CCCN1C(=O)[C@H](Cc1ccc(NC(=O)CCCCCC(=O)Nc2ccc(C[C@H](NC(=O)[C@H](C)NC)C(=O)N3CCC[C@H]3c3cncc(C(=O)c4ccc(F)cc4)c3)cc2)cc1)NC(=O)[C@H](C)NC. The van der Waals surface area contributed by atoms with E-state index in [0.717, 1.165) is 11.1 Å². The molecule has 18 nitrogen and oxygen atoms in total. The highest BCUT2D eigenvalue weighted by atomic mass is 19.1. The molecule has 0 radical (unpaired) electrons. The summed E-state index contributed by atoms with van der Waals surface area (Å²) in [7, 11) is 3.31. The maximum Gasteiger partial charge on any atom is 0.246 e. The number of allylic oxidation sites excluding steroid dienone is 1. The van der Waals surface area contributed by atoms with E-state index in [1.165, 1.54) is 67.1 Å². The summed E-state index contributed by atoms with van der Waals surface area (Å²) in [5, 5.41) is 17.5. The Balaban J connectivity index is 0.861. The van der Waals surface area contributed by atoms with Crippen LogP contribution in [-0.2, 0) is 41.6 Å². The van der Waals surface area contributed by atoms with E-state index in [0.29, 0.717) is 103 Å². The van der Waals surface area contributed by atoms with Gasteiger partial charge < -0.3 is 41.7 Å². The quantitative estimate of drug-likeness (QED) is 0.0121. The Kier molecular flexibility index (Phi) is 23.6. The Morgan fingerprint density at radius 1 is 0.640 bits per heavy atom. The standard InChI is InChI=1S/C66H76F2N10O8/c1-41(37-71-38-42(2)61(81)47-20-24-51(67)25-21-47)57-12-10-32-77(57)65(85)55(75-63(83)43(3)69-5)34-45-16-28-53(29-17-45)73-59(79)14-8-7-9-15-60(80)74-54-30-18-46(19-31-54)35-56(76-64(84)44(4)70-6)66(86)78-33-11-13-58(78)49-36-50(40-72-39-49)62(82)48-22-26-52(68)27-23-48/h16-31,36-40,43-44,55-58,69-70H,1,7-15,32-35H2,2-6H3,(H,73,79)(H,74,80)(H,75,83)(H,76,84)/b42-38+,71-37?/t43-,44-,55-,56-,57-,58-/m0/s1. The molecule has 6 N–H and O–H groups in total. The summed E-state index contributed by atoms with van der Waals surface area (Å²) in [6, 6.07) is 22.6. The normalized spacial score (nSPS) is 16.4. The van der Waals surface area contributed by atoms with Gasteiger partial charge in [-0.2, -0.15) is 0 Å². The zero-order chi connectivity index (χ0) is 61.9. The van der Waals surface area contributed by atoms with E-state index in [-0.39, 0.29) is 78.7 Å². The maximum atomic E-state index is 14.4. The molecule has 6 atom stereocenters. The van der Waals surface area contributed by atoms with Crippen LogP contribution in [-0.4, -0.2) is 125 Å². The zero-order valence-corrected chi connectivity index (χ0v) is 49.3. The number of hydrogen-bond acceptors (Lipinski definition) is 12. The summed E-state index contributed by atoms with van der Waals surface area (Å²) in [6.07, 6.45) is 11.2. The lowest BCUT2D eigenvalue weighted by molar-refractivity contribution is -0.137. The summed E-state index contributed by atoms with van der Waals surface area (Å²) in [5.41, 5.74) is 5.15. The van der Waals surface area contributed by atoms with Crippen molar-refractivity contribution in [2.75, 3.05) is 37.8 Å². The van der Waals surface area contributed by atoms with Crippen LogP contribution in [0.2, 0.25) is 0 Å². The number of unbranched alkanes of at least 4 members (excludes halogenated alkanes) is 2. The van der Waals surface area contributed by atoms with Crippen LogP contribution in [0.3, 0.4) is 0 Å². The first-order valence-corrected chi connectivity index (χ1v) is 29.1. The molecule has 0 bridgehead atoms. The molecule has 2 aliphatic rings. The first kappa shape index (κ1) is 64.7. The number of nitrogens with one attached hydrogen (secondary N) is 6. The number of anilines is 2. The van der Waals surface area contributed by atoms with Crippen molar-refractivity contribution in [3.8, 4) is 0 Å². The summed E-state index contributed by atoms with van der Waals surface area (Å²) < 4.78 is 27.0. The Hall–Kier alpha value is -8.88. The van der Waals surface area contributed by atoms with Gasteiger partial charge in [0.1, 0.15) is 23.7 Å². The van der Waals surface area contributed by atoms with Gasteiger partial charge in [-0.3, -0.25) is 48.3 Å². The van der Waals surface area contributed by atoms with E-state index in [1.54, 1.807) is 105 Å². The number of likely N-dealkylation sites (tertiary alicyclic amines) is 2. The fourth-order valence-electron chi connectivity index (χ4n) is 10.3. The Morgan fingerprint density at radius 2 is 1.13 bits per heavy atom. The molecule has 4 aromatic carbocycles. The summed E-state index contributed by atoms with van der Waals surface area (Å²) in [4.78, 5) is 119. The second kappa shape index (κ2) is 31.3. The number of amides is 6. The molecular weight excluding hydrogens is 1100 g/mol. The molecule has 2 aliphatic heterocycles. The highest BCUT2D eigenvalue weighted by Gasteiger charge is 2.37. The van der Waals surface area contributed by atoms with Crippen molar-refractivity contribution in [3.05, 3.63) is 184 Å². The van der Waals surface area contributed by atoms with Gasteiger partial charge in [-0.1, -0.05) is 37.3 Å². The first-order valence-electron chi connectivity index (χ1n) is 29.1. The number of benzene rings is 4. The number of hydrogen-bond donors (Lipinski definition) is 6. The van der Waals surface area contributed by atoms with Gasteiger partial charge in [-0.15, -0.1) is 0 Å². The molecule has 7 rings (SSSR count). The van der Waals surface area contributed by atoms with Crippen molar-refractivity contribution in [2.24, 2.45) is 4.99 Å². The van der Waals surface area contributed by atoms with Gasteiger partial charge in [0.05, 0.1) is 24.2 Å². The lowest BCUT2D eigenvalue weighted by atomic mass is 9.99. The fourth-order valence-corrected chi connectivity index (χ4v) is 10.3. The molecule has 5 aromatic rings. The van der Waals surface area contributed by atoms with Gasteiger partial charge in [-0.25, -0.2) is 8.78 Å². The van der Waals surface area contributed by atoms with Crippen LogP contribution in [0, 0.1) is 11.6 Å². The number of ketones is 2. The van der Waals surface area contributed by atoms with E-state index >= 15 is 0 Å². The lowest BCUT2D eigenvalue weighted by Gasteiger charge is -2.30. The van der Waals surface area contributed by atoms with Crippen LogP contribution in [0.25, 0.3) is 0 Å². The number of nitrogens with zero attached hydrogens (tertiary/aromatic N) is 4. The third kappa shape index (κ3) is 18.1. The van der Waals surface area contributed by atoms with E-state index in [4.69, 9.17) is 0 Å². The molecule has 0 aliphatic carbocycles. The van der Waals surface area contributed by atoms with Crippen molar-refractivity contribution < 1.29 is 47.1 Å². The molecule has 0 saturated carbocycles. The predicted octanol–water partition coefficient (Wildman–Crippen LogP) is 8.16. The molecule has 20 heteroatoms. The topological polar surface area (TPSA) is 240 Å². The monoisotopic (exact) mass is 1170 g/mol. The largest absolute Gasteiger partial charge is 0.343 e. The van der Waals surface area contributed by atoms with Crippen LogP contribution in [0.5, 0.6) is 0 Å². The number of halogens is 2. The number of pyridine rings is 1. The molecule has 452 valence electrons. The minimum atomic E-state index is -0.927. The molecule has 1 aromatic heterocycles. The number of aromatic nitrogens is 1. The molecule has 6 amide bonds. The number of aliphatic imine (C=N–C) groups is 1. The molecule has 2 saturated heterocycles. The van der Waals surface area contributed by atoms with Gasteiger partial charge in [-0.05, 0) is 175 Å². The summed E-state index contributed by atoms with van der Waals surface area (Å²) in [5.74, 6) is -3.18. The third-order valence-electron chi connectivity index (χ3n) is 15.5. The fraction of sp³-hybridized carbons (Fsp3) is 0.364. The number of likely N-dealkylation sites (N-methyl/N-ethyl adjacent to an activating group) is 2. The Morgan fingerprint density at radius 3 is 1.65 bits per heavy atom. The number of rotatable bonds is 28. The second-order valence-corrected chi connectivity index (χ2v) is 21.8. The third-order valence-corrected chi connectivity index (χ3v) is 15.5. The van der Waals surface area contributed by atoms with Crippen LogP contribution < -0.4 is 31.9 Å². The summed E-state index contributed by atoms with van der Waals surface area (Å²) in [6.45, 7) is 10.1. The number of carbonyl (C=O) groups is 8. The molecule has 3 heterocycles. The van der Waals surface area contributed by atoms with Gasteiger partial charge in [0.2, 0.25) is 35.4 Å². The average molecular weight is 1180 g/mol. The highest BCUT2D eigenvalue weighted by Crippen LogP contribution is 2.33. The minimum absolute atomic E-state index is 0.171. The molecule has 2 fully saturated rings. The van der Waals surface area contributed by atoms with E-state index in [1.807, 2.05) is 0 Å². The highest BCUT2D eigenvalue weighted by molar-refractivity contribution is 6.09. The lowest BCUT2D eigenvalue weighted by Crippen LogP contribution is -2.54. The van der Waals surface area contributed by atoms with Crippen molar-refractivity contribution in [1.82, 2.24) is 36.1 Å². The summed E-state index contributed by atoms with van der Waals surface area (Å²) >= 11 is 0. The van der Waals surface area contributed by atoms with E-state index in [2.05, 4.69) is 48.5 Å². The van der Waals surface area contributed by atoms with Crippen molar-refractivity contribution in [1.29, 1.82) is 0 Å². The van der Waals surface area contributed by atoms with Crippen LogP contribution in [0.15, 0.2) is 144 Å². The second-order valence-electron chi connectivity index (χ2n) is 21.8. The van der Waals surface area contributed by atoms with E-state index in [9.17, 15) is 47.1 Å². The van der Waals surface area contributed by atoms with Crippen molar-refractivity contribution >= 4 is 64.6 Å². The van der Waals surface area contributed by atoms with Crippen molar-refractivity contribution in [3.63, 3.8) is 0 Å². The van der Waals surface area contributed by atoms with Crippen molar-refractivity contribution in [2.45, 2.75) is 128 Å². The average Bonchev–Trinajstić information content (AvgIpc) is 4.28. The van der Waals surface area contributed by atoms with E-state index < -0.39 is 41.8 Å². The van der Waals surface area contributed by atoms with Gasteiger partial charge in [0.15, 0.2) is 11.6 Å². The number of Topliss-reactive ketones (excluding diaryl/α,β-unsaturated/α-hetero) is 1. The predicted molar refractivity (Wildman–Crippen MR) is 326 cm³/mol. The molecule has 0 unspecified atom stereocenters. The maximum absolute atomic E-state index is 14.4. The number of carbonyl (C=O) groups excluding carboxylic acids is 8. The van der Waals surface area contributed by atoms with Crippen LogP contribution in [0.4, 0.5) is 20.2 Å². The zero-order valence-electron chi connectivity index (χ0n) is 49.3. The molecule has 0 spiro atoms. The molecular formula is C66H76F2N10O8. The first-order chi connectivity index (χ1) is 41.3. The molecule has 86 heavy (non-hydrogen) atoms. The Bertz CT molecular complexity index is 3300. The van der Waals surface area contributed by atoms with Crippen LogP contribution >= 0.6 is 0 Å². The van der Waals surface area contributed by atoms with Gasteiger partial charge in [0, 0.05) is 97.2 Å². The van der Waals surface area contributed by atoms with Crippen LogP contribution in [0.1, 0.15) is 128 Å².